The number of rotatable bonds is 5. The molecular weight excluding hydrogens is 425 g/mol. The Bertz CT molecular complexity index is 900. The molecule has 2 heterocycles. The molecule has 3 N–H and O–H groups in total. The summed E-state index contributed by atoms with van der Waals surface area (Å²) >= 11 is 8.22. The van der Waals surface area contributed by atoms with E-state index in [1.807, 2.05) is 11.8 Å². The first-order valence-corrected chi connectivity index (χ1v) is 10.3. The van der Waals surface area contributed by atoms with Gasteiger partial charge in [-0.3, -0.25) is 4.79 Å². The topological polar surface area (TPSA) is 77.9 Å². The van der Waals surface area contributed by atoms with Crippen LogP contribution in [0, 0.1) is 5.41 Å². The van der Waals surface area contributed by atoms with E-state index in [-0.39, 0.29) is 22.3 Å². The molecule has 0 bridgehead atoms. The summed E-state index contributed by atoms with van der Waals surface area (Å²) in [5, 5.41) is 13.5. The van der Waals surface area contributed by atoms with Crippen LogP contribution in [0.4, 0.5) is 24.7 Å². The summed E-state index contributed by atoms with van der Waals surface area (Å²) in [5.74, 6) is 1.90. The number of pyridine rings is 1. The predicted octanol–water partition coefficient (Wildman–Crippen LogP) is 5.31. The van der Waals surface area contributed by atoms with Crippen LogP contribution >= 0.6 is 23.4 Å². The van der Waals surface area contributed by atoms with Crippen molar-refractivity contribution in [3.8, 4) is 0 Å². The fourth-order valence-corrected chi connectivity index (χ4v) is 4.27. The van der Waals surface area contributed by atoms with Crippen molar-refractivity contribution in [3.05, 3.63) is 52.2 Å². The van der Waals surface area contributed by atoms with Gasteiger partial charge in [0.05, 0.1) is 21.7 Å². The molecule has 10 heteroatoms. The van der Waals surface area contributed by atoms with Gasteiger partial charge in [0.2, 0.25) is 0 Å². The lowest BCUT2D eigenvalue weighted by molar-refractivity contribution is -0.137. The van der Waals surface area contributed by atoms with Crippen LogP contribution < -0.4 is 10.6 Å². The number of halogens is 4. The molecule has 0 saturated carbocycles. The SMILES string of the molecule is N=Cc1c(NC2CCSCC2)ncc(C(=O)Nc2ccc(C(F)(F)F)cc2)c1Cl. The number of hydrogen-bond acceptors (Lipinski definition) is 5. The van der Waals surface area contributed by atoms with Crippen molar-refractivity contribution in [1.29, 1.82) is 5.41 Å². The Morgan fingerprint density at radius 1 is 1.24 bits per heavy atom. The number of hydrogen-bond donors (Lipinski definition) is 3. The van der Waals surface area contributed by atoms with Gasteiger partial charge in [-0.05, 0) is 48.6 Å². The smallest absolute Gasteiger partial charge is 0.367 e. The molecule has 5 nitrogen and oxygen atoms in total. The van der Waals surface area contributed by atoms with Gasteiger partial charge >= 0.3 is 6.18 Å². The fraction of sp³-hybridized carbons (Fsp3) is 0.316. The highest BCUT2D eigenvalue weighted by molar-refractivity contribution is 7.99. The summed E-state index contributed by atoms with van der Waals surface area (Å²) in [7, 11) is 0. The number of aromatic nitrogens is 1. The molecule has 0 radical (unpaired) electrons. The van der Waals surface area contributed by atoms with Crippen molar-refractivity contribution < 1.29 is 18.0 Å². The third-order valence-corrected chi connectivity index (χ3v) is 5.93. The first kappa shape index (κ1) is 21.4. The van der Waals surface area contributed by atoms with Gasteiger partial charge in [0, 0.05) is 24.1 Å². The molecule has 1 aliphatic rings. The van der Waals surface area contributed by atoms with E-state index in [4.69, 9.17) is 17.0 Å². The van der Waals surface area contributed by atoms with E-state index in [0.29, 0.717) is 11.4 Å². The second-order valence-corrected chi connectivity index (χ2v) is 8.06. The summed E-state index contributed by atoms with van der Waals surface area (Å²) in [6, 6.07) is 4.32. The molecule has 1 amide bonds. The number of thioether (sulfide) groups is 1. The van der Waals surface area contributed by atoms with Crippen molar-refractivity contribution in [3.63, 3.8) is 0 Å². The molecule has 0 atom stereocenters. The normalized spacial score (nSPS) is 15.0. The van der Waals surface area contributed by atoms with Gasteiger partial charge in [0.15, 0.2) is 0 Å². The molecule has 154 valence electrons. The largest absolute Gasteiger partial charge is 0.416 e. The average molecular weight is 443 g/mol. The van der Waals surface area contributed by atoms with Gasteiger partial charge in [-0.25, -0.2) is 4.98 Å². The molecule has 0 spiro atoms. The molecule has 1 fully saturated rings. The molecule has 0 aliphatic carbocycles. The van der Waals surface area contributed by atoms with Crippen LogP contribution in [0.5, 0.6) is 0 Å². The number of anilines is 2. The maximum atomic E-state index is 12.6. The average Bonchev–Trinajstić information content (AvgIpc) is 2.69. The minimum atomic E-state index is -4.45. The lowest BCUT2D eigenvalue weighted by atomic mass is 10.1. The van der Waals surface area contributed by atoms with E-state index >= 15 is 0 Å². The number of nitrogens with zero attached hydrogens (tertiary/aromatic N) is 1. The highest BCUT2D eigenvalue weighted by Gasteiger charge is 2.30. The minimum Gasteiger partial charge on any atom is -0.367 e. The predicted molar refractivity (Wildman–Crippen MR) is 110 cm³/mol. The Morgan fingerprint density at radius 2 is 1.90 bits per heavy atom. The fourth-order valence-electron chi connectivity index (χ4n) is 2.89. The van der Waals surface area contributed by atoms with Gasteiger partial charge in [-0.15, -0.1) is 0 Å². The van der Waals surface area contributed by atoms with Crippen LogP contribution in [0.2, 0.25) is 5.02 Å². The monoisotopic (exact) mass is 442 g/mol. The van der Waals surface area contributed by atoms with Crippen molar-refractivity contribution in [2.45, 2.75) is 25.1 Å². The van der Waals surface area contributed by atoms with Crippen molar-refractivity contribution >= 4 is 47.0 Å². The number of carbonyl (C=O) groups excluding carboxylic acids is 1. The molecule has 0 unspecified atom stereocenters. The highest BCUT2D eigenvalue weighted by Crippen LogP contribution is 2.31. The Kier molecular flexibility index (Phi) is 6.69. The zero-order chi connectivity index (χ0) is 21.0. The number of amides is 1. The summed E-state index contributed by atoms with van der Waals surface area (Å²) in [4.78, 5) is 16.8. The first-order valence-electron chi connectivity index (χ1n) is 8.81. The van der Waals surface area contributed by atoms with Crippen LogP contribution in [0.25, 0.3) is 0 Å². The van der Waals surface area contributed by atoms with Gasteiger partial charge in [-0.2, -0.15) is 24.9 Å². The number of nitrogens with one attached hydrogen (secondary N) is 3. The Hall–Kier alpha value is -2.26. The standard InChI is InChI=1S/C19H18ClF3N4OS/c20-16-14(9-24)17(26-13-5-7-29-8-6-13)25-10-15(16)18(28)27-12-3-1-11(2-4-12)19(21,22)23/h1-4,9-10,13,24H,5-8H2,(H,25,26)(H,27,28). The zero-order valence-corrected chi connectivity index (χ0v) is 16.7. The maximum absolute atomic E-state index is 12.6. The van der Waals surface area contributed by atoms with E-state index in [9.17, 15) is 18.0 Å². The van der Waals surface area contributed by atoms with E-state index in [1.54, 1.807) is 0 Å². The number of alkyl halides is 3. The zero-order valence-electron chi connectivity index (χ0n) is 15.1. The summed E-state index contributed by atoms with van der Waals surface area (Å²) in [6.07, 6.45) is -0.178. The van der Waals surface area contributed by atoms with Crippen LogP contribution in [0.1, 0.15) is 34.3 Å². The van der Waals surface area contributed by atoms with E-state index in [0.717, 1.165) is 54.8 Å². The Morgan fingerprint density at radius 3 is 2.48 bits per heavy atom. The molecule has 1 aliphatic heterocycles. The summed E-state index contributed by atoms with van der Waals surface area (Å²) in [6.45, 7) is 0. The van der Waals surface area contributed by atoms with Crippen molar-refractivity contribution in [2.75, 3.05) is 22.1 Å². The first-order chi connectivity index (χ1) is 13.8. The Balaban J connectivity index is 1.77. The van der Waals surface area contributed by atoms with Gasteiger partial charge in [0.1, 0.15) is 5.82 Å². The lowest BCUT2D eigenvalue weighted by Gasteiger charge is -2.24. The molecule has 29 heavy (non-hydrogen) atoms. The second-order valence-electron chi connectivity index (χ2n) is 6.45. The Labute approximate surface area is 174 Å². The molecule has 1 aromatic heterocycles. The van der Waals surface area contributed by atoms with Gasteiger partial charge < -0.3 is 16.0 Å². The second kappa shape index (κ2) is 9.04. The van der Waals surface area contributed by atoms with E-state index < -0.39 is 17.6 Å². The van der Waals surface area contributed by atoms with E-state index in [2.05, 4.69) is 15.6 Å². The van der Waals surface area contributed by atoms with Crippen molar-refractivity contribution in [2.24, 2.45) is 0 Å². The van der Waals surface area contributed by atoms with Gasteiger partial charge in [0.25, 0.3) is 5.91 Å². The minimum absolute atomic E-state index is 0.0369. The van der Waals surface area contributed by atoms with Crippen molar-refractivity contribution in [1.82, 2.24) is 4.98 Å². The van der Waals surface area contributed by atoms with Crippen LogP contribution in [0.3, 0.4) is 0 Å². The maximum Gasteiger partial charge on any atom is 0.416 e. The molecule has 1 saturated heterocycles. The molecular formula is C19H18ClF3N4OS. The van der Waals surface area contributed by atoms with Crippen LogP contribution in [0.15, 0.2) is 30.5 Å². The molecule has 1 aromatic carbocycles. The third kappa shape index (κ3) is 5.22. The third-order valence-electron chi connectivity index (χ3n) is 4.47. The molecule has 3 rings (SSSR count). The lowest BCUT2D eigenvalue weighted by Crippen LogP contribution is -2.26. The summed E-state index contributed by atoms with van der Waals surface area (Å²) < 4.78 is 37.9. The quantitative estimate of drug-likeness (QED) is 0.548. The number of benzene rings is 1. The molecule has 2 aromatic rings. The van der Waals surface area contributed by atoms with Crippen LogP contribution in [-0.4, -0.2) is 34.7 Å². The van der Waals surface area contributed by atoms with E-state index in [1.165, 1.54) is 6.20 Å². The van der Waals surface area contributed by atoms with Crippen LogP contribution in [-0.2, 0) is 6.18 Å². The highest BCUT2D eigenvalue weighted by atomic mass is 35.5. The number of carbonyl (C=O) groups is 1. The summed E-state index contributed by atoms with van der Waals surface area (Å²) in [5.41, 5.74) is -0.282. The van der Waals surface area contributed by atoms with Gasteiger partial charge in [-0.1, -0.05) is 11.6 Å².